The molecule has 0 fully saturated rings. The standard InChI is InChI=1S/C16H20N2O2/c1-4-9-18-11-13(7-8-17-12(2)19)15-10-14(20-3)5-6-16(15)18/h4-6,10-11H,1,7-9H2,2-3H3,(H,17,19). The van der Waals surface area contributed by atoms with Crippen molar-refractivity contribution < 1.29 is 9.53 Å². The highest BCUT2D eigenvalue weighted by molar-refractivity contribution is 5.85. The van der Waals surface area contributed by atoms with Crippen molar-refractivity contribution in [2.45, 2.75) is 19.9 Å². The molecule has 0 aliphatic carbocycles. The summed E-state index contributed by atoms with van der Waals surface area (Å²) in [4.78, 5) is 11.0. The Hall–Kier alpha value is -2.23. The number of nitrogens with one attached hydrogen (secondary N) is 1. The van der Waals surface area contributed by atoms with Crippen LogP contribution in [0.1, 0.15) is 12.5 Å². The van der Waals surface area contributed by atoms with Crippen LogP contribution in [0.5, 0.6) is 5.75 Å². The fourth-order valence-electron chi connectivity index (χ4n) is 2.34. The summed E-state index contributed by atoms with van der Waals surface area (Å²) >= 11 is 0. The molecule has 1 heterocycles. The van der Waals surface area contributed by atoms with Crippen LogP contribution in [-0.4, -0.2) is 24.1 Å². The summed E-state index contributed by atoms with van der Waals surface area (Å²) in [6.07, 6.45) is 4.79. The summed E-state index contributed by atoms with van der Waals surface area (Å²) in [5.41, 5.74) is 2.36. The third kappa shape index (κ3) is 3.02. The van der Waals surface area contributed by atoms with Gasteiger partial charge in [0.25, 0.3) is 0 Å². The molecular weight excluding hydrogens is 252 g/mol. The Bertz CT molecular complexity index is 629. The second kappa shape index (κ2) is 6.28. The lowest BCUT2D eigenvalue weighted by molar-refractivity contribution is -0.118. The molecule has 20 heavy (non-hydrogen) atoms. The number of rotatable bonds is 6. The molecule has 0 spiro atoms. The smallest absolute Gasteiger partial charge is 0.216 e. The van der Waals surface area contributed by atoms with Crippen molar-refractivity contribution in [2.75, 3.05) is 13.7 Å². The van der Waals surface area contributed by atoms with Crippen molar-refractivity contribution in [1.82, 2.24) is 9.88 Å². The van der Waals surface area contributed by atoms with Crippen molar-refractivity contribution in [2.24, 2.45) is 0 Å². The lowest BCUT2D eigenvalue weighted by atomic mass is 10.1. The van der Waals surface area contributed by atoms with E-state index in [9.17, 15) is 4.79 Å². The number of nitrogens with zero attached hydrogens (tertiary/aromatic N) is 1. The number of methoxy groups -OCH3 is 1. The zero-order chi connectivity index (χ0) is 14.5. The third-order valence-corrected chi connectivity index (χ3v) is 3.26. The van der Waals surface area contributed by atoms with E-state index in [1.165, 1.54) is 12.5 Å². The van der Waals surface area contributed by atoms with Gasteiger partial charge in [-0.15, -0.1) is 6.58 Å². The molecule has 0 atom stereocenters. The first-order valence-electron chi connectivity index (χ1n) is 6.66. The molecule has 4 heteroatoms. The Morgan fingerprint density at radius 1 is 1.50 bits per heavy atom. The highest BCUT2D eigenvalue weighted by Crippen LogP contribution is 2.26. The maximum atomic E-state index is 11.0. The molecule has 0 aliphatic rings. The van der Waals surface area contributed by atoms with Crippen molar-refractivity contribution in [1.29, 1.82) is 0 Å². The fourth-order valence-corrected chi connectivity index (χ4v) is 2.34. The normalized spacial score (nSPS) is 10.5. The van der Waals surface area contributed by atoms with Gasteiger partial charge in [-0.25, -0.2) is 0 Å². The second-order valence-electron chi connectivity index (χ2n) is 4.71. The summed E-state index contributed by atoms with van der Waals surface area (Å²) in [7, 11) is 1.67. The predicted molar refractivity (Wildman–Crippen MR) is 81.1 cm³/mol. The number of aromatic nitrogens is 1. The maximum Gasteiger partial charge on any atom is 0.216 e. The summed E-state index contributed by atoms with van der Waals surface area (Å²) in [6.45, 7) is 6.73. The van der Waals surface area contributed by atoms with Crippen molar-refractivity contribution in [3.05, 3.63) is 42.6 Å². The van der Waals surface area contributed by atoms with Crippen LogP contribution in [0, 0.1) is 0 Å². The predicted octanol–water partition coefficient (Wildman–Crippen LogP) is 2.51. The monoisotopic (exact) mass is 272 g/mol. The molecule has 2 rings (SSSR count). The third-order valence-electron chi connectivity index (χ3n) is 3.26. The number of carbonyl (C=O) groups is 1. The highest BCUT2D eigenvalue weighted by atomic mass is 16.5. The number of carbonyl (C=O) groups excluding carboxylic acids is 1. The SMILES string of the molecule is C=CCn1cc(CCNC(C)=O)c2cc(OC)ccc21. The first-order chi connectivity index (χ1) is 9.65. The number of amides is 1. The van der Waals surface area contributed by atoms with Gasteiger partial charge < -0.3 is 14.6 Å². The summed E-state index contributed by atoms with van der Waals surface area (Å²) < 4.78 is 7.45. The minimum Gasteiger partial charge on any atom is -0.497 e. The van der Waals surface area contributed by atoms with Crippen LogP contribution in [-0.2, 0) is 17.8 Å². The topological polar surface area (TPSA) is 43.3 Å². The second-order valence-corrected chi connectivity index (χ2v) is 4.71. The molecule has 1 N–H and O–H groups in total. The number of benzene rings is 1. The van der Waals surface area contributed by atoms with Gasteiger partial charge in [-0.05, 0) is 30.2 Å². The van der Waals surface area contributed by atoms with Crippen LogP contribution in [0.4, 0.5) is 0 Å². The van der Waals surface area contributed by atoms with Gasteiger partial charge >= 0.3 is 0 Å². The Kier molecular flexibility index (Phi) is 4.45. The zero-order valence-corrected chi connectivity index (χ0v) is 12.0. The van der Waals surface area contributed by atoms with Gasteiger partial charge in [0.1, 0.15) is 5.75 Å². The molecule has 106 valence electrons. The molecule has 0 aliphatic heterocycles. The molecule has 0 saturated heterocycles. The van der Waals surface area contributed by atoms with Crippen LogP contribution in [0.15, 0.2) is 37.1 Å². The van der Waals surface area contributed by atoms with E-state index >= 15 is 0 Å². The van der Waals surface area contributed by atoms with E-state index in [2.05, 4.69) is 28.7 Å². The minimum atomic E-state index is -0.00240. The van der Waals surface area contributed by atoms with Crippen LogP contribution in [0.2, 0.25) is 0 Å². The molecular formula is C16H20N2O2. The maximum absolute atomic E-state index is 11.0. The molecule has 1 amide bonds. The Morgan fingerprint density at radius 2 is 2.30 bits per heavy atom. The van der Waals surface area contributed by atoms with Crippen molar-refractivity contribution in [3.8, 4) is 5.75 Å². The van der Waals surface area contributed by atoms with Gasteiger partial charge in [0.15, 0.2) is 0 Å². The van der Waals surface area contributed by atoms with Gasteiger partial charge in [-0.3, -0.25) is 4.79 Å². The van der Waals surface area contributed by atoms with E-state index < -0.39 is 0 Å². The number of allylic oxidation sites excluding steroid dienone is 1. The number of fused-ring (bicyclic) bond motifs is 1. The van der Waals surface area contributed by atoms with Crippen LogP contribution in [0.25, 0.3) is 10.9 Å². The van der Waals surface area contributed by atoms with Crippen molar-refractivity contribution >= 4 is 16.8 Å². The molecule has 1 aromatic heterocycles. The molecule has 0 radical (unpaired) electrons. The fraction of sp³-hybridized carbons (Fsp3) is 0.312. The average Bonchev–Trinajstić information content (AvgIpc) is 2.76. The van der Waals surface area contributed by atoms with E-state index in [-0.39, 0.29) is 5.91 Å². The molecule has 0 unspecified atom stereocenters. The summed E-state index contributed by atoms with van der Waals surface area (Å²) in [5.74, 6) is 0.840. The van der Waals surface area contributed by atoms with E-state index in [0.29, 0.717) is 6.54 Å². The van der Waals surface area contributed by atoms with E-state index in [1.807, 2.05) is 18.2 Å². The minimum absolute atomic E-state index is 0.00240. The Balaban J connectivity index is 2.35. The van der Waals surface area contributed by atoms with Gasteiger partial charge in [0, 0.05) is 37.1 Å². The first kappa shape index (κ1) is 14.2. The van der Waals surface area contributed by atoms with Crippen LogP contribution >= 0.6 is 0 Å². The van der Waals surface area contributed by atoms with E-state index in [4.69, 9.17) is 4.74 Å². The van der Waals surface area contributed by atoms with Gasteiger partial charge in [-0.2, -0.15) is 0 Å². The highest BCUT2D eigenvalue weighted by Gasteiger charge is 2.09. The molecule has 0 saturated carbocycles. The van der Waals surface area contributed by atoms with Gasteiger partial charge in [0.05, 0.1) is 7.11 Å². The van der Waals surface area contributed by atoms with Crippen LogP contribution < -0.4 is 10.1 Å². The van der Waals surface area contributed by atoms with E-state index in [1.54, 1.807) is 7.11 Å². The van der Waals surface area contributed by atoms with Gasteiger partial charge in [0.2, 0.25) is 5.91 Å². The quantitative estimate of drug-likeness (QED) is 0.821. The number of hydrogen-bond acceptors (Lipinski definition) is 2. The number of ether oxygens (including phenoxy) is 1. The number of hydrogen-bond donors (Lipinski definition) is 1. The molecule has 4 nitrogen and oxygen atoms in total. The molecule has 0 bridgehead atoms. The van der Waals surface area contributed by atoms with Gasteiger partial charge in [-0.1, -0.05) is 6.08 Å². The first-order valence-corrected chi connectivity index (χ1v) is 6.66. The van der Waals surface area contributed by atoms with Crippen LogP contribution in [0.3, 0.4) is 0 Å². The van der Waals surface area contributed by atoms with Crippen molar-refractivity contribution in [3.63, 3.8) is 0 Å². The lowest BCUT2D eigenvalue weighted by Gasteiger charge is -2.03. The zero-order valence-electron chi connectivity index (χ0n) is 12.0. The van der Waals surface area contributed by atoms with E-state index in [0.717, 1.165) is 29.6 Å². The Labute approximate surface area is 119 Å². The Morgan fingerprint density at radius 3 is 2.95 bits per heavy atom. The summed E-state index contributed by atoms with van der Waals surface area (Å²) in [6, 6.07) is 6.05. The largest absolute Gasteiger partial charge is 0.497 e. The molecule has 1 aromatic carbocycles. The molecule has 2 aromatic rings. The lowest BCUT2D eigenvalue weighted by Crippen LogP contribution is -2.22. The summed E-state index contributed by atoms with van der Waals surface area (Å²) in [5, 5.41) is 3.99. The average molecular weight is 272 g/mol.